The van der Waals surface area contributed by atoms with Crippen LogP contribution in [0.1, 0.15) is 19.3 Å². The fourth-order valence-electron chi connectivity index (χ4n) is 2.15. The van der Waals surface area contributed by atoms with Gasteiger partial charge >= 0.3 is 0 Å². The van der Waals surface area contributed by atoms with E-state index in [2.05, 4.69) is 31.9 Å². The van der Waals surface area contributed by atoms with Crippen LogP contribution in [0, 0.1) is 5.92 Å². The van der Waals surface area contributed by atoms with Crippen molar-refractivity contribution in [3.63, 3.8) is 0 Å². The number of hydrogen-bond donors (Lipinski definition) is 0. The maximum Gasteiger partial charge on any atom is 0.161 e. The molecule has 0 N–H and O–H groups in total. The predicted octanol–water partition coefficient (Wildman–Crippen LogP) is 3.29. The molecule has 1 aliphatic carbocycles. The summed E-state index contributed by atoms with van der Waals surface area (Å²) >= 11 is 13.1. The fraction of sp³-hybridized carbons (Fsp3) is 1.00. The topological polar surface area (TPSA) is 18.5 Å². The Kier molecular flexibility index (Phi) is 4.77. The van der Waals surface area contributed by atoms with Gasteiger partial charge in [0, 0.05) is 15.6 Å². The van der Waals surface area contributed by atoms with Crippen LogP contribution in [0.15, 0.2) is 0 Å². The highest BCUT2D eigenvalue weighted by atomic mass is 79.9. The Balaban J connectivity index is 1.84. The third kappa shape index (κ3) is 3.09. The molecule has 0 bridgehead atoms. The van der Waals surface area contributed by atoms with Gasteiger partial charge in [-0.2, -0.15) is 0 Å². The van der Waals surface area contributed by atoms with Crippen molar-refractivity contribution in [2.24, 2.45) is 5.92 Å². The summed E-state index contributed by atoms with van der Waals surface area (Å²) < 4.78 is 11.4. The summed E-state index contributed by atoms with van der Waals surface area (Å²) in [4.78, 5) is 1.11. The summed E-state index contributed by atoms with van der Waals surface area (Å²) in [5.41, 5.74) is 0. The summed E-state index contributed by atoms with van der Waals surface area (Å²) in [7, 11) is 0. The zero-order valence-electron chi connectivity index (χ0n) is 8.37. The fourth-order valence-corrected chi connectivity index (χ4v) is 3.54. The first kappa shape index (κ1) is 12.6. The average molecular weight is 362 g/mol. The van der Waals surface area contributed by atoms with Crippen LogP contribution in [0.25, 0.3) is 0 Å². The molecule has 0 radical (unpaired) electrons. The lowest BCUT2D eigenvalue weighted by molar-refractivity contribution is -0.101. The van der Waals surface area contributed by atoms with E-state index >= 15 is 0 Å². The van der Waals surface area contributed by atoms with Crippen molar-refractivity contribution < 1.29 is 9.47 Å². The monoisotopic (exact) mass is 360 g/mol. The average Bonchev–Trinajstić information content (AvgIpc) is 2.70. The second kappa shape index (κ2) is 5.67. The predicted molar refractivity (Wildman–Crippen MR) is 68.1 cm³/mol. The molecule has 0 spiro atoms. The van der Waals surface area contributed by atoms with E-state index in [4.69, 9.17) is 21.1 Å². The van der Waals surface area contributed by atoms with Crippen molar-refractivity contribution >= 4 is 43.5 Å². The molecule has 5 heteroatoms. The molecule has 2 rings (SSSR count). The lowest BCUT2D eigenvalue weighted by Gasteiger charge is -2.32. The van der Waals surface area contributed by atoms with Crippen molar-refractivity contribution in [1.29, 1.82) is 0 Å². The number of halogens is 3. The van der Waals surface area contributed by atoms with Crippen molar-refractivity contribution in [2.75, 3.05) is 12.5 Å². The highest BCUT2D eigenvalue weighted by Crippen LogP contribution is 2.37. The molecule has 5 atom stereocenters. The molecular formula is C10H15Br2ClO2. The van der Waals surface area contributed by atoms with Gasteiger partial charge in [0.15, 0.2) is 6.29 Å². The first-order chi connectivity index (χ1) is 7.20. The minimum Gasteiger partial charge on any atom is -0.350 e. The smallest absolute Gasteiger partial charge is 0.161 e. The van der Waals surface area contributed by atoms with Crippen molar-refractivity contribution in [2.45, 2.75) is 41.3 Å². The van der Waals surface area contributed by atoms with E-state index in [0.29, 0.717) is 28.1 Å². The van der Waals surface area contributed by atoms with Crippen molar-refractivity contribution in [1.82, 2.24) is 0 Å². The largest absolute Gasteiger partial charge is 0.350 e. The molecule has 1 saturated heterocycles. The molecule has 15 heavy (non-hydrogen) atoms. The summed E-state index contributed by atoms with van der Waals surface area (Å²) in [6.45, 7) is 0.648. The Bertz CT molecular complexity index is 218. The summed E-state index contributed by atoms with van der Waals surface area (Å²) in [5, 5.41) is 0. The standard InChI is InChI=1S/C10H15Br2ClO2/c11-8-2-1-6(3-9(8)12)10-14-5-7(4-13)15-10/h6-10H,1-5H2/t6-,7-,8-,9-,10+/m1/s1. The molecule has 88 valence electrons. The normalized spacial score (nSPS) is 47.0. The molecule has 0 amide bonds. The Morgan fingerprint density at radius 2 is 2.00 bits per heavy atom. The highest BCUT2D eigenvalue weighted by Gasteiger charge is 2.37. The number of alkyl halides is 3. The zero-order valence-corrected chi connectivity index (χ0v) is 12.3. The zero-order chi connectivity index (χ0) is 10.8. The molecule has 2 fully saturated rings. The van der Waals surface area contributed by atoms with Crippen LogP contribution in [0.5, 0.6) is 0 Å². The van der Waals surface area contributed by atoms with Crippen LogP contribution in [0.2, 0.25) is 0 Å². The molecule has 1 aliphatic heterocycles. The SMILES string of the molecule is ClC[C@@H]1CO[C@H]([C@@H]2CC[C@@H](Br)[C@H](Br)C2)O1. The van der Waals surface area contributed by atoms with Gasteiger partial charge in [0.1, 0.15) is 0 Å². The van der Waals surface area contributed by atoms with E-state index < -0.39 is 0 Å². The van der Waals surface area contributed by atoms with Crippen LogP contribution in [-0.4, -0.2) is 34.5 Å². The van der Waals surface area contributed by atoms with Crippen LogP contribution < -0.4 is 0 Å². The van der Waals surface area contributed by atoms with Gasteiger partial charge in [-0.25, -0.2) is 0 Å². The first-order valence-electron chi connectivity index (χ1n) is 5.32. The molecule has 0 aromatic carbocycles. The number of ether oxygens (including phenoxy) is 2. The minimum absolute atomic E-state index is 0.0335. The van der Waals surface area contributed by atoms with Crippen LogP contribution in [-0.2, 0) is 9.47 Å². The van der Waals surface area contributed by atoms with E-state index in [1.165, 1.54) is 6.42 Å². The van der Waals surface area contributed by atoms with Crippen LogP contribution in [0.3, 0.4) is 0 Å². The van der Waals surface area contributed by atoms with Gasteiger partial charge in [-0.3, -0.25) is 0 Å². The molecule has 0 aromatic heterocycles. The third-order valence-corrected chi connectivity index (χ3v) is 6.23. The molecular weight excluding hydrogens is 347 g/mol. The molecule has 1 heterocycles. The summed E-state index contributed by atoms with van der Waals surface area (Å²) in [6, 6.07) is 0. The van der Waals surface area contributed by atoms with Gasteiger partial charge in [0.05, 0.1) is 18.6 Å². The van der Waals surface area contributed by atoms with Crippen molar-refractivity contribution in [3.8, 4) is 0 Å². The maximum atomic E-state index is 5.74. The van der Waals surface area contributed by atoms with Gasteiger partial charge in [0.25, 0.3) is 0 Å². The Labute approximate surface area is 112 Å². The highest BCUT2D eigenvalue weighted by molar-refractivity contribution is 9.12. The van der Waals surface area contributed by atoms with Gasteiger partial charge in [-0.05, 0) is 19.3 Å². The number of rotatable bonds is 2. The van der Waals surface area contributed by atoms with Gasteiger partial charge in [-0.15, -0.1) is 11.6 Å². The van der Waals surface area contributed by atoms with E-state index in [0.717, 1.165) is 12.8 Å². The van der Waals surface area contributed by atoms with Crippen molar-refractivity contribution in [3.05, 3.63) is 0 Å². The Hall–Kier alpha value is 1.17. The summed E-state index contributed by atoms with van der Waals surface area (Å²) in [6.07, 6.45) is 3.50. The van der Waals surface area contributed by atoms with E-state index in [1.807, 2.05) is 0 Å². The lowest BCUT2D eigenvalue weighted by Crippen LogP contribution is -2.33. The van der Waals surface area contributed by atoms with E-state index in [9.17, 15) is 0 Å². The second-order valence-corrected chi connectivity index (χ2v) is 6.88. The van der Waals surface area contributed by atoms with Crippen LogP contribution in [0.4, 0.5) is 0 Å². The molecule has 1 saturated carbocycles. The Morgan fingerprint density at radius 3 is 2.60 bits per heavy atom. The molecule has 0 unspecified atom stereocenters. The molecule has 2 aliphatic rings. The second-order valence-electron chi connectivity index (χ2n) is 4.22. The third-order valence-electron chi connectivity index (χ3n) is 3.06. The molecule has 2 nitrogen and oxygen atoms in total. The first-order valence-corrected chi connectivity index (χ1v) is 7.68. The quantitative estimate of drug-likeness (QED) is 0.702. The minimum atomic E-state index is -0.0335. The van der Waals surface area contributed by atoms with Gasteiger partial charge < -0.3 is 9.47 Å². The van der Waals surface area contributed by atoms with Crippen LogP contribution >= 0.6 is 43.5 Å². The van der Waals surface area contributed by atoms with E-state index in [1.54, 1.807) is 0 Å². The molecule has 0 aromatic rings. The number of hydrogen-bond acceptors (Lipinski definition) is 2. The maximum absolute atomic E-state index is 5.74. The Morgan fingerprint density at radius 1 is 1.20 bits per heavy atom. The lowest BCUT2D eigenvalue weighted by atomic mass is 9.88. The van der Waals surface area contributed by atoms with Gasteiger partial charge in [0.2, 0.25) is 0 Å². The van der Waals surface area contributed by atoms with Gasteiger partial charge in [-0.1, -0.05) is 31.9 Å². The summed E-state index contributed by atoms with van der Waals surface area (Å²) in [5.74, 6) is 1.04. The van der Waals surface area contributed by atoms with E-state index in [-0.39, 0.29) is 12.4 Å².